The molecular formula is C37H50F2N4O6. The van der Waals surface area contributed by atoms with Crippen molar-refractivity contribution in [3.05, 3.63) is 35.9 Å². The number of carbonyl (C=O) groups excluding carboxylic acids is 5. The SMILES string of the molecule is CC(F)(F)CC[C@H](NC(=O)[C@@H]1[C@@H]2[C@H](CN1C(=O)[C@@H](NC(=O)OCc1ccccc1)C1CCCCC1)C21CCCCC1)C(=O)C(=O)NC1CC1. The summed E-state index contributed by atoms with van der Waals surface area (Å²) >= 11 is 0. The topological polar surface area (TPSA) is 134 Å². The van der Waals surface area contributed by atoms with Gasteiger partial charge in [0.25, 0.3) is 5.91 Å². The quantitative estimate of drug-likeness (QED) is 0.250. The number of benzene rings is 1. The van der Waals surface area contributed by atoms with E-state index in [1.54, 1.807) is 4.90 Å². The van der Waals surface area contributed by atoms with Gasteiger partial charge in [0.2, 0.25) is 23.5 Å². The van der Waals surface area contributed by atoms with Crippen molar-refractivity contribution >= 4 is 29.6 Å². The maximum atomic E-state index is 14.6. The van der Waals surface area contributed by atoms with Crippen molar-refractivity contribution in [3.63, 3.8) is 0 Å². The van der Waals surface area contributed by atoms with Gasteiger partial charge in [0.1, 0.15) is 18.7 Å². The van der Waals surface area contributed by atoms with E-state index in [-0.39, 0.29) is 41.7 Å². The van der Waals surface area contributed by atoms with Crippen molar-refractivity contribution in [1.82, 2.24) is 20.9 Å². The summed E-state index contributed by atoms with van der Waals surface area (Å²) in [5.41, 5.74) is 0.724. The van der Waals surface area contributed by atoms with Crippen LogP contribution in [0.1, 0.15) is 102 Å². The second-order valence-corrected chi connectivity index (χ2v) is 15.2. The zero-order valence-electron chi connectivity index (χ0n) is 28.4. The number of hydrogen-bond donors (Lipinski definition) is 3. The van der Waals surface area contributed by atoms with Crippen LogP contribution in [0.15, 0.2) is 30.3 Å². The first-order chi connectivity index (χ1) is 23.5. The molecule has 4 amide bonds. The van der Waals surface area contributed by atoms with E-state index in [4.69, 9.17) is 4.74 Å². The molecule has 5 fully saturated rings. The first-order valence-electron chi connectivity index (χ1n) is 18.3. The molecule has 5 aliphatic rings. The zero-order chi connectivity index (χ0) is 34.8. The number of nitrogens with one attached hydrogen (secondary N) is 3. The molecule has 10 nitrogen and oxygen atoms in total. The Morgan fingerprint density at radius 3 is 2.27 bits per heavy atom. The van der Waals surface area contributed by atoms with Crippen LogP contribution in [0.5, 0.6) is 0 Å². The van der Waals surface area contributed by atoms with Crippen molar-refractivity contribution in [2.45, 2.75) is 134 Å². The van der Waals surface area contributed by atoms with E-state index in [0.717, 1.165) is 89.5 Å². The van der Waals surface area contributed by atoms with Gasteiger partial charge in [-0.15, -0.1) is 0 Å². The van der Waals surface area contributed by atoms with Crippen LogP contribution in [0.25, 0.3) is 0 Å². The van der Waals surface area contributed by atoms with Crippen LogP contribution < -0.4 is 16.0 Å². The van der Waals surface area contributed by atoms with E-state index in [1.165, 1.54) is 0 Å². The van der Waals surface area contributed by atoms with Gasteiger partial charge in [0.15, 0.2) is 0 Å². The van der Waals surface area contributed by atoms with Crippen LogP contribution in [0.3, 0.4) is 0 Å². The highest BCUT2D eigenvalue weighted by atomic mass is 19.3. The molecule has 3 N–H and O–H groups in total. The highest BCUT2D eigenvalue weighted by Gasteiger charge is 2.73. The maximum Gasteiger partial charge on any atom is 0.408 e. The Morgan fingerprint density at radius 1 is 0.939 bits per heavy atom. The van der Waals surface area contributed by atoms with Crippen molar-refractivity contribution in [2.75, 3.05) is 6.54 Å². The number of Topliss-reactive ketones (excluding diaryl/α,β-unsaturated/α-hetero) is 1. The van der Waals surface area contributed by atoms with Gasteiger partial charge in [0, 0.05) is 19.0 Å². The highest BCUT2D eigenvalue weighted by Crippen LogP contribution is 2.71. The third-order valence-electron chi connectivity index (χ3n) is 11.6. The number of piperidine rings is 1. The fourth-order valence-corrected chi connectivity index (χ4v) is 8.89. The summed E-state index contributed by atoms with van der Waals surface area (Å²) in [4.78, 5) is 69.6. The summed E-state index contributed by atoms with van der Waals surface area (Å²) in [5.74, 6) is -6.10. The highest BCUT2D eigenvalue weighted by molar-refractivity contribution is 6.38. The summed E-state index contributed by atoms with van der Waals surface area (Å²) in [5, 5.41) is 8.14. The lowest BCUT2D eigenvalue weighted by atomic mass is 9.80. The Kier molecular flexibility index (Phi) is 10.6. The van der Waals surface area contributed by atoms with Gasteiger partial charge in [-0.3, -0.25) is 19.2 Å². The monoisotopic (exact) mass is 684 g/mol. The lowest BCUT2D eigenvalue weighted by Gasteiger charge is -2.38. The number of hydrogen-bond acceptors (Lipinski definition) is 6. The summed E-state index contributed by atoms with van der Waals surface area (Å²) in [7, 11) is 0. The molecule has 4 aliphatic carbocycles. The van der Waals surface area contributed by atoms with Gasteiger partial charge in [0.05, 0.1) is 6.04 Å². The van der Waals surface area contributed by atoms with Crippen LogP contribution >= 0.6 is 0 Å². The van der Waals surface area contributed by atoms with Gasteiger partial charge in [-0.25, -0.2) is 13.6 Å². The standard InChI is InChI=1S/C37H50F2N4O6/c1-36(38,39)20-17-27(31(44)33(46)40-25-15-16-25)41-32(45)30-28-26(37(28)18-9-4-10-19-37)21-43(30)34(47)29(24-13-7-3-8-14-24)42-35(48)49-22-23-11-5-2-6-12-23/h2,5-6,11-12,24-30H,3-4,7-10,13-22H2,1H3,(H,40,46)(H,41,45)(H,42,48)/t26-,27-,28-,29-,30-/m0/s1. The largest absolute Gasteiger partial charge is 0.445 e. The summed E-state index contributed by atoms with van der Waals surface area (Å²) in [6.07, 6.45) is 9.08. The molecule has 1 heterocycles. The average Bonchev–Trinajstić information content (AvgIpc) is 3.97. The van der Waals surface area contributed by atoms with Gasteiger partial charge in [-0.2, -0.15) is 0 Å². The normalized spacial score (nSPS) is 25.9. The van der Waals surface area contributed by atoms with E-state index in [1.807, 2.05) is 30.3 Å². The average molecular weight is 685 g/mol. The van der Waals surface area contributed by atoms with E-state index in [0.29, 0.717) is 6.54 Å². The number of halogens is 2. The molecule has 12 heteroatoms. The fourth-order valence-electron chi connectivity index (χ4n) is 8.89. The van der Waals surface area contributed by atoms with E-state index < -0.39 is 60.6 Å². The fraction of sp³-hybridized carbons (Fsp3) is 0.703. The van der Waals surface area contributed by atoms with E-state index in [9.17, 15) is 32.8 Å². The van der Waals surface area contributed by atoms with Crippen molar-refractivity contribution in [1.29, 1.82) is 0 Å². The molecule has 0 bridgehead atoms. The summed E-state index contributed by atoms with van der Waals surface area (Å²) < 4.78 is 33.5. The molecule has 1 aliphatic heterocycles. The van der Waals surface area contributed by atoms with Crippen LogP contribution in [-0.2, 0) is 30.5 Å². The first kappa shape index (κ1) is 35.3. The summed E-state index contributed by atoms with van der Waals surface area (Å²) in [6, 6.07) is 5.83. The number of ether oxygens (including phenoxy) is 1. The molecule has 1 aromatic rings. The van der Waals surface area contributed by atoms with Crippen molar-refractivity contribution in [3.8, 4) is 0 Å². The molecule has 1 saturated heterocycles. The molecule has 1 spiro atoms. The molecule has 0 aromatic heterocycles. The third kappa shape index (κ3) is 8.26. The zero-order valence-corrected chi connectivity index (χ0v) is 28.4. The predicted molar refractivity (Wildman–Crippen MR) is 176 cm³/mol. The lowest BCUT2D eigenvalue weighted by Crippen LogP contribution is -2.60. The molecule has 49 heavy (non-hydrogen) atoms. The second kappa shape index (κ2) is 14.7. The molecule has 0 radical (unpaired) electrons. The van der Waals surface area contributed by atoms with Crippen LogP contribution in [0, 0.1) is 23.2 Å². The Balaban J connectivity index is 1.22. The molecule has 1 aromatic carbocycles. The van der Waals surface area contributed by atoms with Gasteiger partial charge in [-0.05, 0) is 80.6 Å². The minimum Gasteiger partial charge on any atom is -0.445 e. The van der Waals surface area contributed by atoms with E-state index >= 15 is 0 Å². The molecule has 4 saturated carbocycles. The smallest absolute Gasteiger partial charge is 0.408 e. The van der Waals surface area contributed by atoms with Crippen molar-refractivity contribution < 1.29 is 37.5 Å². The summed E-state index contributed by atoms with van der Waals surface area (Å²) in [6.45, 7) is 1.13. The van der Waals surface area contributed by atoms with Crippen LogP contribution in [-0.4, -0.2) is 71.1 Å². The predicted octanol–water partition coefficient (Wildman–Crippen LogP) is 5.04. The first-order valence-corrected chi connectivity index (χ1v) is 18.3. The number of ketones is 1. The minimum atomic E-state index is -3.10. The number of likely N-dealkylation sites (tertiary alicyclic amines) is 1. The number of rotatable bonds is 13. The number of alkyl halides is 2. The number of fused-ring (bicyclic) bond motifs is 3. The number of alkyl carbamates (subject to hydrolysis) is 1. The van der Waals surface area contributed by atoms with Gasteiger partial charge in [-0.1, -0.05) is 68.9 Å². The second-order valence-electron chi connectivity index (χ2n) is 15.2. The van der Waals surface area contributed by atoms with Crippen LogP contribution in [0.4, 0.5) is 13.6 Å². The number of carbonyl (C=O) groups is 5. The van der Waals surface area contributed by atoms with Crippen molar-refractivity contribution in [2.24, 2.45) is 23.2 Å². The van der Waals surface area contributed by atoms with Gasteiger partial charge < -0.3 is 25.6 Å². The Labute approximate surface area is 286 Å². The number of amides is 4. The lowest BCUT2D eigenvalue weighted by molar-refractivity contribution is -0.145. The maximum absolute atomic E-state index is 14.6. The third-order valence-corrected chi connectivity index (χ3v) is 11.6. The minimum absolute atomic E-state index is 0.0419. The van der Waals surface area contributed by atoms with Gasteiger partial charge >= 0.3 is 6.09 Å². The molecule has 5 atom stereocenters. The number of nitrogens with zero attached hydrogens (tertiary/aromatic N) is 1. The van der Waals surface area contributed by atoms with Crippen LogP contribution in [0.2, 0.25) is 0 Å². The Hall–Kier alpha value is -3.57. The molecular weight excluding hydrogens is 634 g/mol. The van der Waals surface area contributed by atoms with E-state index in [2.05, 4.69) is 16.0 Å². The molecule has 268 valence electrons. The molecule has 0 unspecified atom stereocenters. The molecule has 6 rings (SSSR count). The Morgan fingerprint density at radius 2 is 1.61 bits per heavy atom. The Bertz CT molecular complexity index is 1390.